The Hall–Kier alpha value is -3.20. The van der Waals surface area contributed by atoms with Crippen LogP contribution >= 0.6 is 0 Å². The molecule has 2 N–H and O–H groups in total. The topological polar surface area (TPSA) is 115 Å². The Kier molecular flexibility index (Phi) is 6.98. The van der Waals surface area contributed by atoms with Gasteiger partial charge in [0.15, 0.2) is 0 Å². The van der Waals surface area contributed by atoms with E-state index in [1.54, 1.807) is 17.0 Å². The molecule has 172 valence electrons. The van der Waals surface area contributed by atoms with E-state index in [9.17, 15) is 14.4 Å². The number of aromatic nitrogens is 1. The molecule has 0 spiro atoms. The number of esters is 1. The van der Waals surface area contributed by atoms with Crippen LogP contribution in [0.3, 0.4) is 0 Å². The van der Waals surface area contributed by atoms with Gasteiger partial charge in [0.1, 0.15) is 16.9 Å². The molecule has 0 unspecified atom stereocenters. The van der Waals surface area contributed by atoms with E-state index in [2.05, 4.69) is 4.98 Å². The standard InChI is InChI=1S/C23H30N4O5/c1-23(2,3)32-19(29)14-26-9-11-27(12-10-26)18(28)13-17-20(22(24)30)21(31-4)15-7-5-6-8-16(15)25-17/h5-8H,9-14H2,1-4H3,(H2,24,30). The van der Waals surface area contributed by atoms with Crippen LogP contribution in [-0.4, -0.2) is 78.0 Å². The third kappa shape index (κ3) is 5.53. The summed E-state index contributed by atoms with van der Waals surface area (Å²) in [5, 5.41) is 0.663. The van der Waals surface area contributed by atoms with Crippen molar-refractivity contribution in [3.8, 4) is 5.75 Å². The van der Waals surface area contributed by atoms with Crippen LogP contribution in [0.1, 0.15) is 36.8 Å². The molecule has 0 bridgehead atoms. The highest BCUT2D eigenvalue weighted by molar-refractivity contribution is 6.03. The number of pyridine rings is 1. The number of nitrogens with two attached hydrogens (primary N) is 1. The number of fused-ring (bicyclic) bond motifs is 1. The molecule has 3 rings (SSSR count). The van der Waals surface area contributed by atoms with Crippen molar-refractivity contribution in [2.45, 2.75) is 32.8 Å². The van der Waals surface area contributed by atoms with Gasteiger partial charge in [-0.2, -0.15) is 0 Å². The number of hydrogen-bond donors (Lipinski definition) is 1. The minimum Gasteiger partial charge on any atom is -0.495 e. The summed E-state index contributed by atoms with van der Waals surface area (Å²) >= 11 is 0. The molecule has 1 aliphatic rings. The lowest BCUT2D eigenvalue weighted by atomic mass is 10.0. The summed E-state index contributed by atoms with van der Waals surface area (Å²) in [6.45, 7) is 7.74. The van der Waals surface area contributed by atoms with E-state index >= 15 is 0 Å². The second kappa shape index (κ2) is 9.52. The Balaban J connectivity index is 1.70. The Morgan fingerprint density at radius 1 is 1.09 bits per heavy atom. The number of methoxy groups -OCH3 is 1. The Morgan fingerprint density at radius 2 is 1.75 bits per heavy atom. The zero-order valence-corrected chi connectivity index (χ0v) is 19.0. The first-order valence-electron chi connectivity index (χ1n) is 10.6. The van der Waals surface area contributed by atoms with E-state index in [0.717, 1.165) is 0 Å². The van der Waals surface area contributed by atoms with Gasteiger partial charge in [0.2, 0.25) is 5.91 Å². The molecule has 1 aromatic heterocycles. The summed E-state index contributed by atoms with van der Waals surface area (Å²) in [7, 11) is 1.46. The second-order valence-electron chi connectivity index (χ2n) is 8.77. The number of ether oxygens (including phenoxy) is 2. The van der Waals surface area contributed by atoms with E-state index in [0.29, 0.717) is 48.5 Å². The summed E-state index contributed by atoms with van der Waals surface area (Å²) in [4.78, 5) is 45.4. The zero-order chi connectivity index (χ0) is 23.5. The number of amides is 2. The van der Waals surface area contributed by atoms with Gasteiger partial charge < -0.3 is 20.1 Å². The average Bonchev–Trinajstić information content (AvgIpc) is 2.71. The number of primary amides is 1. The highest BCUT2D eigenvalue weighted by atomic mass is 16.6. The molecule has 2 heterocycles. The van der Waals surface area contributed by atoms with Crippen LogP contribution in [0.15, 0.2) is 24.3 Å². The Labute approximate surface area is 187 Å². The zero-order valence-electron chi connectivity index (χ0n) is 19.0. The van der Waals surface area contributed by atoms with E-state index in [-0.39, 0.29) is 30.4 Å². The number of carbonyl (C=O) groups is 3. The number of para-hydroxylation sites is 1. The highest BCUT2D eigenvalue weighted by Gasteiger charge is 2.27. The molecule has 1 aliphatic heterocycles. The highest BCUT2D eigenvalue weighted by Crippen LogP contribution is 2.31. The maximum atomic E-state index is 13.0. The quantitative estimate of drug-likeness (QED) is 0.672. The van der Waals surface area contributed by atoms with Crippen molar-refractivity contribution in [2.75, 3.05) is 39.8 Å². The van der Waals surface area contributed by atoms with E-state index in [1.165, 1.54) is 7.11 Å². The molecule has 9 nitrogen and oxygen atoms in total. The van der Waals surface area contributed by atoms with E-state index < -0.39 is 11.5 Å². The van der Waals surface area contributed by atoms with Gasteiger partial charge in [-0.25, -0.2) is 0 Å². The van der Waals surface area contributed by atoms with Gasteiger partial charge in [0.25, 0.3) is 5.91 Å². The van der Waals surface area contributed by atoms with Crippen LogP contribution in [0.5, 0.6) is 5.75 Å². The van der Waals surface area contributed by atoms with E-state index in [1.807, 2.05) is 37.8 Å². The first-order valence-corrected chi connectivity index (χ1v) is 10.6. The number of carbonyl (C=O) groups excluding carboxylic acids is 3. The van der Waals surface area contributed by atoms with Gasteiger partial charge >= 0.3 is 5.97 Å². The molecule has 2 amide bonds. The van der Waals surface area contributed by atoms with Gasteiger partial charge in [0.05, 0.1) is 31.3 Å². The third-order valence-corrected chi connectivity index (χ3v) is 5.19. The number of benzene rings is 1. The predicted molar refractivity (Wildman–Crippen MR) is 119 cm³/mol. The monoisotopic (exact) mass is 442 g/mol. The van der Waals surface area contributed by atoms with Crippen LogP contribution in [0.4, 0.5) is 0 Å². The Morgan fingerprint density at radius 3 is 2.34 bits per heavy atom. The molecule has 0 aliphatic carbocycles. The number of hydrogen-bond acceptors (Lipinski definition) is 7. The van der Waals surface area contributed by atoms with Crippen LogP contribution < -0.4 is 10.5 Å². The average molecular weight is 443 g/mol. The van der Waals surface area contributed by atoms with Crippen molar-refractivity contribution in [1.29, 1.82) is 0 Å². The second-order valence-corrected chi connectivity index (χ2v) is 8.77. The van der Waals surface area contributed by atoms with Crippen molar-refractivity contribution >= 4 is 28.7 Å². The van der Waals surface area contributed by atoms with E-state index in [4.69, 9.17) is 15.2 Å². The van der Waals surface area contributed by atoms with Crippen molar-refractivity contribution in [3.63, 3.8) is 0 Å². The summed E-state index contributed by atoms with van der Waals surface area (Å²) in [5.41, 5.74) is 6.14. The molecular formula is C23H30N4O5. The summed E-state index contributed by atoms with van der Waals surface area (Å²) in [5.74, 6) is -0.803. The fraction of sp³-hybridized carbons (Fsp3) is 0.478. The van der Waals surface area contributed by atoms with Gasteiger partial charge in [-0.05, 0) is 32.9 Å². The van der Waals surface area contributed by atoms with Gasteiger partial charge in [0, 0.05) is 31.6 Å². The molecule has 32 heavy (non-hydrogen) atoms. The molecule has 0 radical (unpaired) electrons. The van der Waals surface area contributed by atoms with Crippen LogP contribution in [0, 0.1) is 0 Å². The van der Waals surface area contributed by atoms with Crippen molar-refractivity contribution < 1.29 is 23.9 Å². The lowest BCUT2D eigenvalue weighted by molar-refractivity contribution is -0.156. The molecule has 1 fully saturated rings. The third-order valence-electron chi connectivity index (χ3n) is 5.19. The number of rotatable bonds is 6. The molecule has 0 saturated carbocycles. The molecule has 2 aromatic rings. The summed E-state index contributed by atoms with van der Waals surface area (Å²) in [6, 6.07) is 7.24. The predicted octanol–water partition coefficient (Wildman–Crippen LogP) is 1.37. The van der Waals surface area contributed by atoms with Gasteiger partial charge in [-0.1, -0.05) is 12.1 Å². The molecule has 9 heteroatoms. The lowest BCUT2D eigenvalue weighted by Gasteiger charge is -2.34. The molecule has 1 aromatic carbocycles. The summed E-state index contributed by atoms with van der Waals surface area (Å²) < 4.78 is 10.8. The smallest absolute Gasteiger partial charge is 0.320 e. The normalized spacial score (nSPS) is 14.9. The fourth-order valence-electron chi connectivity index (χ4n) is 3.79. The van der Waals surface area contributed by atoms with Crippen molar-refractivity contribution in [3.05, 3.63) is 35.5 Å². The minimum absolute atomic E-state index is 0.0640. The first kappa shape index (κ1) is 23.5. The van der Waals surface area contributed by atoms with Crippen LogP contribution in [0.2, 0.25) is 0 Å². The molecular weight excluding hydrogens is 412 g/mol. The maximum Gasteiger partial charge on any atom is 0.320 e. The fourth-order valence-corrected chi connectivity index (χ4v) is 3.79. The molecule has 1 saturated heterocycles. The van der Waals surface area contributed by atoms with Crippen LogP contribution in [-0.2, 0) is 20.7 Å². The number of piperazine rings is 1. The van der Waals surface area contributed by atoms with Crippen molar-refractivity contribution in [2.24, 2.45) is 5.73 Å². The largest absolute Gasteiger partial charge is 0.495 e. The number of nitrogens with zero attached hydrogens (tertiary/aromatic N) is 3. The first-order chi connectivity index (χ1) is 15.1. The van der Waals surface area contributed by atoms with Crippen LogP contribution in [0.25, 0.3) is 10.9 Å². The Bertz CT molecular complexity index is 1020. The lowest BCUT2D eigenvalue weighted by Crippen LogP contribution is -2.50. The van der Waals surface area contributed by atoms with Gasteiger partial charge in [-0.3, -0.25) is 24.3 Å². The SMILES string of the molecule is COc1c(C(N)=O)c(CC(=O)N2CCN(CC(=O)OC(C)(C)C)CC2)nc2ccccc12. The summed E-state index contributed by atoms with van der Waals surface area (Å²) in [6.07, 6.45) is -0.0640. The van der Waals surface area contributed by atoms with Crippen molar-refractivity contribution in [1.82, 2.24) is 14.8 Å². The van der Waals surface area contributed by atoms with Gasteiger partial charge in [-0.15, -0.1) is 0 Å². The maximum absolute atomic E-state index is 13.0. The minimum atomic E-state index is -0.690. The molecule has 0 atom stereocenters.